The molecule has 0 unspecified atom stereocenters. The number of thioether (sulfide) groups is 1. The van der Waals surface area contributed by atoms with Gasteiger partial charge in [0.2, 0.25) is 0 Å². The first-order chi connectivity index (χ1) is 11.8. The Kier molecular flexibility index (Phi) is 5.22. The van der Waals surface area contributed by atoms with E-state index in [0.29, 0.717) is 0 Å². The second-order valence-electron chi connectivity index (χ2n) is 6.33. The summed E-state index contributed by atoms with van der Waals surface area (Å²) < 4.78 is 6.67. The Balaban J connectivity index is 1.55. The molecule has 24 heavy (non-hydrogen) atoms. The molecule has 0 spiro atoms. The van der Waals surface area contributed by atoms with Crippen molar-refractivity contribution in [3.8, 4) is 0 Å². The zero-order valence-corrected chi connectivity index (χ0v) is 15.8. The third-order valence-electron chi connectivity index (χ3n) is 4.78. The molecule has 0 amide bonds. The molecule has 0 saturated carbocycles. The number of hydrogen-bond donors (Lipinski definition) is 1. The van der Waals surface area contributed by atoms with Crippen molar-refractivity contribution < 1.29 is 4.74 Å². The largest absolute Gasteiger partial charge is 0.379 e. The molecular weight excluding hydrogens is 340 g/mol. The maximum atomic E-state index is 5.42. The summed E-state index contributed by atoms with van der Waals surface area (Å²) in [7, 11) is 0. The quantitative estimate of drug-likeness (QED) is 0.650. The highest BCUT2D eigenvalue weighted by Crippen LogP contribution is 2.39. The van der Waals surface area contributed by atoms with Crippen molar-refractivity contribution in [3.05, 3.63) is 10.4 Å². The normalized spacial score (nSPS) is 18.7. The van der Waals surface area contributed by atoms with Crippen LogP contribution in [0.5, 0.6) is 0 Å². The van der Waals surface area contributed by atoms with Crippen LogP contribution in [-0.2, 0) is 17.6 Å². The van der Waals surface area contributed by atoms with E-state index in [1.807, 2.05) is 11.3 Å². The van der Waals surface area contributed by atoms with Crippen molar-refractivity contribution in [3.63, 3.8) is 0 Å². The molecule has 1 saturated heterocycles. The van der Waals surface area contributed by atoms with Crippen LogP contribution in [0, 0.1) is 0 Å². The van der Waals surface area contributed by atoms with Gasteiger partial charge in [-0.1, -0.05) is 11.8 Å². The molecular formula is C17H24N4OS2. The Morgan fingerprint density at radius 1 is 1.21 bits per heavy atom. The summed E-state index contributed by atoms with van der Waals surface area (Å²) in [6, 6.07) is 0. The zero-order chi connectivity index (χ0) is 16.4. The van der Waals surface area contributed by atoms with E-state index in [-0.39, 0.29) is 0 Å². The van der Waals surface area contributed by atoms with E-state index in [1.54, 1.807) is 11.8 Å². The monoisotopic (exact) mass is 364 g/mol. The molecule has 2 aromatic heterocycles. The summed E-state index contributed by atoms with van der Waals surface area (Å²) in [6.07, 6.45) is 7.03. The van der Waals surface area contributed by atoms with Crippen LogP contribution in [0.2, 0.25) is 0 Å². The third kappa shape index (κ3) is 3.40. The Bertz CT molecular complexity index is 712. The highest BCUT2D eigenvalue weighted by molar-refractivity contribution is 7.98. The highest BCUT2D eigenvalue weighted by atomic mass is 32.2. The van der Waals surface area contributed by atoms with E-state index in [0.717, 1.165) is 50.4 Å². The predicted molar refractivity (Wildman–Crippen MR) is 102 cm³/mol. The molecule has 4 rings (SSSR count). The fraction of sp³-hybridized carbons (Fsp3) is 0.647. The van der Waals surface area contributed by atoms with Gasteiger partial charge in [-0.05, 0) is 37.5 Å². The number of aromatic nitrogens is 2. The second-order valence-corrected chi connectivity index (χ2v) is 8.21. The van der Waals surface area contributed by atoms with Gasteiger partial charge in [-0.2, -0.15) is 0 Å². The SMILES string of the molecule is CSc1nc(NCCN2CCOCC2)c2sc3c(c2n1)CCCC3. The molecule has 0 radical (unpaired) electrons. The van der Waals surface area contributed by atoms with Crippen LogP contribution in [0.3, 0.4) is 0 Å². The number of nitrogens with zero attached hydrogens (tertiary/aromatic N) is 3. The molecule has 2 aromatic rings. The van der Waals surface area contributed by atoms with Gasteiger partial charge in [-0.15, -0.1) is 11.3 Å². The Morgan fingerprint density at radius 2 is 2.04 bits per heavy atom. The minimum absolute atomic E-state index is 0.853. The third-order valence-corrected chi connectivity index (χ3v) is 6.62. The number of nitrogens with one attached hydrogen (secondary N) is 1. The highest BCUT2D eigenvalue weighted by Gasteiger charge is 2.20. The van der Waals surface area contributed by atoms with Crippen LogP contribution >= 0.6 is 23.1 Å². The average molecular weight is 365 g/mol. The van der Waals surface area contributed by atoms with Crippen molar-refractivity contribution in [1.82, 2.24) is 14.9 Å². The molecule has 130 valence electrons. The van der Waals surface area contributed by atoms with Crippen molar-refractivity contribution >= 4 is 39.1 Å². The molecule has 7 heteroatoms. The first-order valence-electron chi connectivity index (χ1n) is 8.75. The van der Waals surface area contributed by atoms with Crippen molar-refractivity contribution in [2.45, 2.75) is 30.8 Å². The van der Waals surface area contributed by atoms with Gasteiger partial charge in [0, 0.05) is 31.1 Å². The molecule has 5 nitrogen and oxygen atoms in total. The Labute approximate surface area is 151 Å². The lowest BCUT2D eigenvalue weighted by molar-refractivity contribution is 0.0398. The van der Waals surface area contributed by atoms with Crippen LogP contribution < -0.4 is 5.32 Å². The summed E-state index contributed by atoms with van der Waals surface area (Å²) in [5, 5.41) is 4.46. The topological polar surface area (TPSA) is 50.3 Å². The molecule has 0 atom stereocenters. The number of hydrogen-bond acceptors (Lipinski definition) is 7. The summed E-state index contributed by atoms with van der Waals surface area (Å²) >= 11 is 3.53. The summed E-state index contributed by atoms with van der Waals surface area (Å²) in [4.78, 5) is 13.6. The zero-order valence-electron chi connectivity index (χ0n) is 14.1. The molecule has 2 aliphatic rings. The lowest BCUT2D eigenvalue weighted by Gasteiger charge is -2.26. The molecule has 1 fully saturated rings. The van der Waals surface area contributed by atoms with E-state index >= 15 is 0 Å². The smallest absolute Gasteiger partial charge is 0.189 e. The minimum Gasteiger partial charge on any atom is -0.379 e. The molecule has 3 heterocycles. The molecule has 1 N–H and O–H groups in total. The Morgan fingerprint density at radius 3 is 2.88 bits per heavy atom. The van der Waals surface area contributed by atoms with Gasteiger partial charge in [-0.25, -0.2) is 9.97 Å². The van der Waals surface area contributed by atoms with Crippen molar-refractivity contribution in [2.24, 2.45) is 0 Å². The van der Waals surface area contributed by atoms with Crippen LogP contribution in [0.15, 0.2) is 5.16 Å². The van der Waals surface area contributed by atoms with Gasteiger partial charge < -0.3 is 10.1 Å². The molecule has 1 aliphatic carbocycles. The number of ether oxygens (including phenoxy) is 1. The van der Waals surface area contributed by atoms with Gasteiger partial charge >= 0.3 is 0 Å². The number of anilines is 1. The van der Waals surface area contributed by atoms with Crippen LogP contribution in [0.25, 0.3) is 10.2 Å². The maximum Gasteiger partial charge on any atom is 0.189 e. The fourth-order valence-corrected chi connectivity index (χ4v) is 5.12. The lowest BCUT2D eigenvalue weighted by Crippen LogP contribution is -2.39. The van der Waals surface area contributed by atoms with E-state index < -0.39 is 0 Å². The number of fused-ring (bicyclic) bond motifs is 3. The minimum atomic E-state index is 0.853. The van der Waals surface area contributed by atoms with Gasteiger partial charge in [0.05, 0.1) is 23.4 Å². The summed E-state index contributed by atoms with van der Waals surface area (Å²) in [5.74, 6) is 1.03. The summed E-state index contributed by atoms with van der Waals surface area (Å²) in [5.41, 5.74) is 2.68. The standard InChI is InChI=1S/C17H24N4OS2/c1-23-17-19-14-12-4-2-3-5-13(12)24-15(14)16(20-17)18-6-7-21-8-10-22-11-9-21/h2-11H2,1H3,(H,18,19,20). The second kappa shape index (κ2) is 7.56. The molecule has 0 aromatic carbocycles. The first-order valence-corrected chi connectivity index (χ1v) is 10.8. The number of thiophene rings is 1. The van der Waals surface area contributed by atoms with Gasteiger partial charge in [0.15, 0.2) is 5.16 Å². The van der Waals surface area contributed by atoms with Gasteiger partial charge in [0.1, 0.15) is 5.82 Å². The molecule has 0 bridgehead atoms. The van der Waals surface area contributed by atoms with E-state index in [4.69, 9.17) is 14.7 Å². The fourth-order valence-electron chi connectivity index (χ4n) is 3.46. The van der Waals surface area contributed by atoms with E-state index in [1.165, 1.54) is 46.3 Å². The maximum absolute atomic E-state index is 5.42. The molecule has 1 aliphatic heterocycles. The number of rotatable bonds is 5. The predicted octanol–water partition coefficient (Wildman–Crippen LogP) is 3.04. The number of aryl methyl sites for hydroxylation is 2. The van der Waals surface area contributed by atoms with Crippen molar-refractivity contribution in [1.29, 1.82) is 0 Å². The van der Waals surface area contributed by atoms with Gasteiger partial charge in [0.25, 0.3) is 0 Å². The van der Waals surface area contributed by atoms with Crippen LogP contribution in [0.1, 0.15) is 23.3 Å². The average Bonchev–Trinajstić information content (AvgIpc) is 3.01. The van der Waals surface area contributed by atoms with Crippen LogP contribution in [0.4, 0.5) is 5.82 Å². The Hall–Kier alpha value is -0.890. The number of morpholine rings is 1. The van der Waals surface area contributed by atoms with E-state index in [9.17, 15) is 0 Å². The van der Waals surface area contributed by atoms with Gasteiger partial charge in [-0.3, -0.25) is 4.90 Å². The summed E-state index contributed by atoms with van der Waals surface area (Å²) in [6.45, 7) is 5.73. The van der Waals surface area contributed by atoms with E-state index in [2.05, 4.69) is 16.5 Å². The lowest BCUT2D eigenvalue weighted by atomic mass is 9.98. The van der Waals surface area contributed by atoms with Crippen LogP contribution in [-0.4, -0.2) is 60.5 Å². The first kappa shape index (κ1) is 16.6. The van der Waals surface area contributed by atoms with Crippen molar-refractivity contribution in [2.75, 3.05) is 51.0 Å².